The zero-order valence-corrected chi connectivity index (χ0v) is 23.3. The molecule has 1 amide bonds. The van der Waals surface area contributed by atoms with Crippen LogP contribution in [0, 0.1) is 6.92 Å². The Kier molecular flexibility index (Phi) is 8.20. The fraction of sp³-hybridized carbons (Fsp3) is 0.400. The Morgan fingerprint density at radius 1 is 1.14 bits per heavy atom. The minimum absolute atomic E-state index is 0.0925. The summed E-state index contributed by atoms with van der Waals surface area (Å²) in [5.41, 5.74) is 1.68. The van der Waals surface area contributed by atoms with Crippen LogP contribution in [0.4, 0.5) is 0 Å². The Morgan fingerprint density at radius 3 is 2.41 bits per heavy atom. The van der Waals surface area contributed by atoms with Crippen molar-refractivity contribution in [1.82, 2.24) is 8.87 Å². The number of aryl methyl sites for hydroxylation is 1. The van der Waals surface area contributed by atoms with Crippen LogP contribution in [0.3, 0.4) is 0 Å². The summed E-state index contributed by atoms with van der Waals surface area (Å²) in [7, 11) is -3.74. The van der Waals surface area contributed by atoms with Crippen molar-refractivity contribution in [3.63, 3.8) is 0 Å². The number of rotatable bonds is 6. The maximum absolute atomic E-state index is 13.1. The number of thiazole rings is 1. The zero-order chi connectivity index (χ0) is 26.9. The molecule has 0 aliphatic carbocycles. The van der Waals surface area contributed by atoms with E-state index in [2.05, 4.69) is 4.99 Å². The minimum Gasteiger partial charge on any atom is -0.465 e. The van der Waals surface area contributed by atoms with Crippen LogP contribution in [-0.4, -0.2) is 61.1 Å². The van der Waals surface area contributed by atoms with Crippen molar-refractivity contribution in [1.29, 1.82) is 0 Å². The first-order valence-corrected chi connectivity index (χ1v) is 14.4. The number of carbonyl (C=O) groups is 2. The number of benzene rings is 2. The Labute approximate surface area is 224 Å². The highest BCUT2D eigenvalue weighted by Gasteiger charge is 2.32. The van der Waals surface area contributed by atoms with Crippen LogP contribution >= 0.6 is 22.9 Å². The van der Waals surface area contributed by atoms with Gasteiger partial charge in [-0.25, -0.2) is 8.42 Å². The van der Waals surface area contributed by atoms with Crippen LogP contribution in [0.25, 0.3) is 10.2 Å². The molecule has 4 rings (SSSR count). The fourth-order valence-electron chi connectivity index (χ4n) is 4.28. The van der Waals surface area contributed by atoms with E-state index in [1.54, 1.807) is 17.6 Å². The highest BCUT2D eigenvalue weighted by molar-refractivity contribution is 7.89. The van der Waals surface area contributed by atoms with Gasteiger partial charge in [0.2, 0.25) is 10.0 Å². The van der Waals surface area contributed by atoms with Crippen LogP contribution < -0.4 is 4.80 Å². The van der Waals surface area contributed by atoms with Crippen molar-refractivity contribution in [3.8, 4) is 0 Å². The summed E-state index contributed by atoms with van der Waals surface area (Å²) in [4.78, 5) is 30.0. The number of hydrogen-bond acceptors (Lipinski definition) is 7. The largest absolute Gasteiger partial charge is 0.465 e. The molecule has 0 saturated carbocycles. The van der Waals surface area contributed by atoms with Crippen LogP contribution in [0.1, 0.15) is 36.7 Å². The summed E-state index contributed by atoms with van der Waals surface area (Å²) in [5.74, 6) is -1.03. The van der Waals surface area contributed by atoms with E-state index >= 15 is 0 Å². The van der Waals surface area contributed by atoms with Gasteiger partial charge in [0.15, 0.2) is 4.80 Å². The molecule has 37 heavy (non-hydrogen) atoms. The van der Waals surface area contributed by atoms with E-state index in [1.165, 1.54) is 39.9 Å². The zero-order valence-electron chi connectivity index (χ0n) is 20.9. The molecule has 1 saturated heterocycles. The van der Waals surface area contributed by atoms with Crippen molar-refractivity contribution in [3.05, 3.63) is 57.3 Å². The quantitative estimate of drug-likeness (QED) is 0.421. The molecule has 0 spiro atoms. The SMILES string of the molecule is CCOC(=O)Cn1c(=NC(=O)c2ccc(S(=O)(=O)N3CC(C)OC(C)C3)cc2)sc2ccc(Cl)c(C)c21. The molecule has 0 N–H and O–H groups in total. The summed E-state index contributed by atoms with van der Waals surface area (Å²) < 4.78 is 40.8. The Bertz CT molecular complexity index is 1500. The van der Waals surface area contributed by atoms with E-state index in [-0.39, 0.29) is 48.9 Å². The summed E-state index contributed by atoms with van der Waals surface area (Å²) in [6, 6.07) is 9.27. The third kappa shape index (κ3) is 5.80. The number of esters is 1. The van der Waals surface area contributed by atoms with E-state index in [0.29, 0.717) is 15.3 Å². The lowest BCUT2D eigenvalue weighted by Gasteiger charge is -2.34. The number of ether oxygens (including phenoxy) is 2. The third-order valence-corrected chi connectivity index (χ3v) is 9.24. The van der Waals surface area contributed by atoms with E-state index in [1.807, 2.05) is 26.8 Å². The molecule has 198 valence electrons. The summed E-state index contributed by atoms with van der Waals surface area (Å²) in [5, 5.41) is 0.529. The van der Waals surface area contributed by atoms with Crippen LogP contribution in [0.2, 0.25) is 5.02 Å². The van der Waals surface area contributed by atoms with E-state index in [0.717, 1.165) is 10.3 Å². The Morgan fingerprint density at radius 2 is 1.78 bits per heavy atom. The van der Waals surface area contributed by atoms with Gasteiger partial charge in [0.25, 0.3) is 5.91 Å². The Hall–Kier alpha value is -2.57. The lowest BCUT2D eigenvalue weighted by atomic mass is 10.2. The topological polar surface area (TPSA) is 107 Å². The van der Waals surface area contributed by atoms with Crippen molar-refractivity contribution < 1.29 is 27.5 Å². The number of amides is 1. The molecular formula is C25H28ClN3O6S2. The summed E-state index contributed by atoms with van der Waals surface area (Å²) in [6.45, 7) is 7.84. The number of carbonyl (C=O) groups excluding carboxylic acids is 2. The van der Waals surface area contributed by atoms with E-state index < -0.39 is 21.9 Å². The van der Waals surface area contributed by atoms with E-state index in [9.17, 15) is 18.0 Å². The van der Waals surface area contributed by atoms with Crippen molar-refractivity contribution in [2.24, 2.45) is 4.99 Å². The van der Waals surface area contributed by atoms with Gasteiger partial charge in [-0.05, 0) is 69.7 Å². The summed E-state index contributed by atoms with van der Waals surface area (Å²) >= 11 is 7.56. The van der Waals surface area contributed by atoms with Gasteiger partial charge >= 0.3 is 5.97 Å². The van der Waals surface area contributed by atoms with Crippen LogP contribution in [-0.2, 0) is 30.8 Å². The van der Waals surface area contributed by atoms with Gasteiger partial charge in [0.05, 0.1) is 33.9 Å². The maximum atomic E-state index is 13.1. The first-order valence-electron chi connectivity index (χ1n) is 11.8. The van der Waals surface area contributed by atoms with Gasteiger partial charge < -0.3 is 14.0 Å². The van der Waals surface area contributed by atoms with E-state index in [4.69, 9.17) is 21.1 Å². The smallest absolute Gasteiger partial charge is 0.326 e. The number of nitrogens with zero attached hydrogens (tertiary/aromatic N) is 3. The number of fused-ring (bicyclic) bond motifs is 1. The third-order valence-electron chi connectivity index (χ3n) is 5.94. The Balaban J connectivity index is 1.67. The molecule has 9 nitrogen and oxygen atoms in total. The highest BCUT2D eigenvalue weighted by Crippen LogP contribution is 2.27. The van der Waals surface area contributed by atoms with Gasteiger partial charge in [-0.15, -0.1) is 0 Å². The molecule has 0 radical (unpaired) electrons. The van der Waals surface area contributed by atoms with Gasteiger partial charge in [0, 0.05) is 23.7 Å². The maximum Gasteiger partial charge on any atom is 0.326 e. The fourth-order valence-corrected chi connectivity index (χ4v) is 7.11. The van der Waals surface area contributed by atoms with Gasteiger partial charge in [-0.1, -0.05) is 22.9 Å². The molecule has 3 aromatic rings. The van der Waals surface area contributed by atoms with Gasteiger partial charge in [-0.2, -0.15) is 9.30 Å². The highest BCUT2D eigenvalue weighted by atomic mass is 35.5. The average molecular weight is 566 g/mol. The number of aromatic nitrogens is 1. The number of halogens is 1. The lowest BCUT2D eigenvalue weighted by molar-refractivity contribution is -0.143. The van der Waals surface area contributed by atoms with Crippen molar-refractivity contribution >= 4 is 55.1 Å². The van der Waals surface area contributed by atoms with Crippen molar-refractivity contribution in [2.45, 2.75) is 51.3 Å². The van der Waals surface area contributed by atoms with Crippen LogP contribution in [0.15, 0.2) is 46.3 Å². The summed E-state index contributed by atoms with van der Waals surface area (Å²) in [6.07, 6.45) is -0.418. The lowest BCUT2D eigenvalue weighted by Crippen LogP contribution is -2.48. The van der Waals surface area contributed by atoms with Crippen LogP contribution in [0.5, 0.6) is 0 Å². The molecule has 1 fully saturated rings. The monoisotopic (exact) mass is 565 g/mol. The molecule has 2 atom stereocenters. The molecule has 1 aromatic heterocycles. The number of hydrogen-bond donors (Lipinski definition) is 0. The average Bonchev–Trinajstić information content (AvgIpc) is 3.18. The first kappa shape index (κ1) is 27.5. The molecular weight excluding hydrogens is 538 g/mol. The van der Waals surface area contributed by atoms with Gasteiger partial charge in [0.1, 0.15) is 6.54 Å². The predicted octanol–water partition coefficient (Wildman–Crippen LogP) is 3.77. The molecule has 0 bridgehead atoms. The second-order valence-corrected chi connectivity index (χ2v) is 12.2. The number of sulfonamides is 1. The first-order chi connectivity index (χ1) is 17.5. The number of morpholine rings is 1. The molecule has 12 heteroatoms. The molecule has 2 unspecified atom stereocenters. The minimum atomic E-state index is -3.74. The molecule has 2 heterocycles. The standard InChI is InChI=1S/C25H28ClN3O6S2/c1-5-34-22(30)14-29-23-17(4)20(26)10-11-21(23)36-25(29)27-24(31)18-6-8-19(9-7-18)37(32,33)28-12-15(2)35-16(3)13-28/h6-11,15-16H,5,12-14H2,1-4H3. The second-order valence-electron chi connectivity index (χ2n) is 8.82. The van der Waals surface area contributed by atoms with Gasteiger partial charge in [-0.3, -0.25) is 9.59 Å². The second kappa shape index (κ2) is 11.0. The molecule has 1 aliphatic heterocycles. The predicted molar refractivity (Wildman–Crippen MR) is 141 cm³/mol. The molecule has 1 aliphatic rings. The normalized spacial score (nSPS) is 19.3. The molecule has 2 aromatic carbocycles. The van der Waals surface area contributed by atoms with Crippen molar-refractivity contribution in [2.75, 3.05) is 19.7 Å².